The van der Waals surface area contributed by atoms with Gasteiger partial charge in [-0.3, -0.25) is 0 Å². The van der Waals surface area contributed by atoms with E-state index in [1.165, 1.54) is 17.7 Å². The summed E-state index contributed by atoms with van der Waals surface area (Å²) in [6, 6.07) is 14.6. The Bertz CT molecular complexity index is 999. The molecule has 2 aromatic carbocycles. The second-order valence-corrected chi connectivity index (χ2v) is 6.46. The molecule has 9 heteroatoms. The highest BCUT2D eigenvalue weighted by molar-refractivity contribution is 5.73. The standard InChI is InChI=1S/C20H21FN2O.C2HF3O2/c1-3-18-20(16-8-10-17(21)11-9-16)22-14-23(18)13-12-15-6-4-5-7-19(15)24-2;3-2(4,5)1(6)7/h4-11,14H,3,12-13H2,1-2H3;(H,6,7). The van der Waals surface area contributed by atoms with Gasteiger partial charge < -0.3 is 14.4 Å². The van der Waals surface area contributed by atoms with E-state index >= 15 is 0 Å². The van der Waals surface area contributed by atoms with Crippen molar-refractivity contribution in [1.82, 2.24) is 9.55 Å². The molecule has 0 atom stereocenters. The third kappa shape index (κ3) is 6.56. The highest BCUT2D eigenvalue weighted by Gasteiger charge is 2.38. The fourth-order valence-electron chi connectivity index (χ4n) is 2.97. The Kier molecular flexibility index (Phi) is 8.18. The Balaban J connectivity index is 0.000000423. The third-order valence-corrected chi connectivity index (χ3v) is 4.46. The molecule has 31 heavy (non-hydrogen) atoms. The van der Waals surface area contributed by atoms with Crippen molar-refractivity contribution in [1.29, 1.82) is 0 Å². The van der Waals surface area contributed by atoms with Gasteiger partial charge in [0.2, 0.25) is 0 Å². The molecule has 0 aliphatic heterocycles. The van der Waals surface area contributed by atoms with Crippen molar-refractivity contribution in [2.24, 2.45) is 0 Å². The van der Waals surface area contributed by atoms with Gasteiger partial charge in [-0.25, -0.2) is 14.2 Å². The number of hydrogen-bond acceptors (Lipinski definition) is 3. The van der Waals surface area contributed by atoms with Gasteiger partial charge in [-0.15, -0.1) is 0 Å². The lowest BCUT2D eigenvalue weighted by Crippen LogP contribution is -2.21. The number of aryl methyl sites for hydroxylation is 2. The second-order valence-electron chi connectivity index (χ2n) is 6.46. The van der Waals surface area contributed by atoms with Gasteiger partial charge in [0.15, 0.2) is 0 Å². The van der Waals surface area contributed by atoms with Gasteiger partial charge in [-0.2, -0.15) is 13.2 Å². The highest BCUT2D eigenvalue weighted by atomic mass is 19.4. The molecule has 1 aromatic heterocycles. The maximum absolute atomic E-state index is 13.1. The number of aromatic nitrogens is 2. The molecule has 5 nitrogen and oxygen atoms in total. The maximum Gasteiger partial charge on any atom is 0.490 e. The zero-order valence-electron chi connectivity index (χ0n) is 17.0. The third-order valence-electron chi connectivity index (χ3n) is 4.46. The number of carboxylic acid groups (broad SMARTS) is 1. The summed E-state index contributed by atoms with van der Waals surface area (Å²) in [5.41, 5.74) is 4.22. The summed E-state index contributed by atoms with van der Waals surface area (Å²) in [5.74, 6) is -2.07. The number of alkyl halides is 3. The number of halogens is 4. The van der Waals surface area contributed by atoms with Gasteiger partial charge in [0.05, 0.1) is 19.1 Å². The quantitative estimate of drug-likeness (QED) is 0.542. The molecule has 0 aliphatic rings. The van der Waals surface area contributed by atoms with Crippen LogP contribution in [0.25, 0.3) is 11.3 Å². The SMILES string of the molecule is CCc1c(-c2ccc(F)cc2)ncn1CCc1ccccc1OC.O=C(O)C(F)(F)F. The lowest BCUT2D eigenvalue weighted by molar-refractivity contribution is -0.192. The van der Waals surface area contributed by atoms with Crippen LogP contribution < -0.4 is 4.74 Å². The Labute approximate surface area is 176 Å². The lowest BCUT2D eigenvalue weighted by Gasteiger charge is -2.11. The molecule has 3 aromatic rings. The molecule has 1 N–H and O–H groups in total. The van der Waals surface area contributed by atoms with Crippen LogP contribution in [0.2, 0.25) is 0 Å². The molecule has 0 aliphatic carbocycles. The molecule has 0 radical (unpaired) electrons. The van der Waals surface area contributed by atoms with Crippen LogP contribution in [0.3, 0.4) is 0 Å². The summed E-state index contributed by atoms with van der Waals surface area (Å²) in [6.45, 7) is 2.95. The largest absolute Gasteiger partial charge is 0.496 e. The first-order chi connectivity index (χ1) is 14.7. The Hall–Kier alpha value is -3.36. The highest BCUT2D eigenvalue weighted by Crippen LogP contribution is 2.24. The van der Waals surface area contributed by atoms with Gasteiger partial charge in [0, 0.05) is 17.8 Å². The molecule has 1 heterocycles. The second kappa shape index (κ2) is 10.6. The number of methoxy groups -OCH3 is 1. The van der Waals surface area contributed by atoms with Crippen molar-refractivity contribution < 1.29 is 32.2 Å². The minimum atomic E-state index is -5.08. The monoisotopic (exact) mass is 438 g/mol. The predicted octanol–water partition coefficient (Wildman–Crippen LogP) is 5.14. The average molecular weight is 438 g/mol. The average Bonchev–Trinajstić information content (AvgIpc) is 3.15. The van der Waals surface area contributed by atoms with E-state index in [1.807, 2.05) is 24.5 Å². The fourth-order valence-corrected chi connectivity index (χ4v) is 2.97. The van der Waals surface area contributed by atoms with E-state index in [4.69, 9.17) is 14.6 Å². The Morgan fingerprint density at radius 3 is 2.29 bits per heavy atom. The van der Waals surface area contributed by atoms with E-state index in [0.717, 1.165) is 42.1 Å². The van der Waals surface area contributed by atoms with Gasteiger partial charge in [0.1, 0.15) is 11.6 Å². The van der Waals surface area contributed by atoms with Crippen LogP contribution >= 0.6 is 0 Å². The van der Waals surface area contributed by atoms with E-state index in [-0.39, 0.29) is 5.82 Å². The van der Waals surface area contributed by atoms with Crippen molar-refractivity contribution in [2.45, 2.75) is 32.5 Å². The lowest BCUT2D eigenvalue weighted by atomic mass is 10.1. The van der Waals surface area contributed by atoms with Gasteiger partial charge in [-0.05, 0) is 48.7 Å². The molecular formula is C22H22F4N2O3. The fraction of sp³-hybridized carbons (Fsp3) is 0.273. The van der Waals surface area contributed by atoms with Crippen LogP contribution in [0.15, 0.2) is 54.9 Å². The number of imidazole rings is 1. The smallest absolute Gasteiger partial charge is 0.490 e. The van der Waals surface area contributed by atoms with Crippen molar-refractivity contribution >= 4 is 5.97 Å². The van der Waals surface area contributed by atoms with Crippen molar-refractivity contribution in [3.8, 4) is 17.0 Å². The zero-order valence-corrected chi connectivity index (χ0v) is 17.0. The molecule has 0 fully saturated rings. The van der Waals surface area contributed by atoms with E-state index in [0.29, 0.717) is 0 Å². The number of benzene rings is 2. The van der Waals surface area contributed by atoms with Crippen LogP contribution in [0.1, 0.15) is 18.2 Å². The number of rotatable bonds is 6. The number of nitrogens with zero attached hydrogens (tertiary/aromatic N) is 2. The zero-order chi connectivity index (χ0) is 23.0. The first-order valence-corrected chi connectivity index (χ1v) is 9.39. The summed E-state index contributed by atoms with van der Waals surface area (Å²) < 4.78 is 52.5. The maximum atomic E-state index is 13.1. The van der Waals surface area contributed by atoms with Crippen LogP contribution in [0.5, 0.6) is 5.75 Å². The normalized spacial score (nSPS) is 10.9. The number of aliphatic carboxylic acids is 1. The molecule has 0 saturated carbocycles. The molecule has 0 saturated heterocycles. The number of carbonyl (C=O) groups is 1. The Morgan fingerprint density at radius 1 is 1.13 bits per heavy atom. The van der Waals surface area contributed by atoms with E-state index in [1.54, 1.807) is 19.2 Å². The van der Waals surface area contributed by atoms with Crippen LogP contribution in [0, 0.1) is 5.82 Å². The predicted molar refractivity (Wildman–Crippen MR) is 107 cm³/mol. The van der Waals surface area contributed by atoms with E-state index in [9.17, 15) is 17.6 Å². The van der Waals surface area contributed by atoms with E-state index < -0.39 is 12.1 Å². The summed E-state index contributed by atoms with van der Waals surface area (Å²) in [7, 11) is 1.69. The molecule has 0 amide bonds. The molecule has 3 rings (SSSR count). The number of carboxylic acids is 1. The van der Waals surface area contributed by atoms with Crippen LogP contribution in [-0.2, 0) is 24.2 Å². The van der Waals surface area contributed by atoms with Gasteiger partial charge in [-0.1, -0.05) is 25.1 Å². The van der Waals surface area contributed by atoms with Crippen molar-refractivity contribution in [3.05, 3.63) is 71.9 Å². The summed E-state index contributed by atoms with van der Waals surface area (Å²) >= 11 is 0. The minimum absolute atomic E-state index is 0.229. The summed E-state index contributed by atoms with van der Waals surface area (Å²) in [6.07, 6.45) is -1.47. The van der Waals surface area contributed by atoms with Gasteiger partial charge >= 0.3 is 12.1 Å². The van der Waals surface area contributed by atoms with Crippen molar-refractivity contribution in [2.75, 3.05) is 7.11 Å². The van der Waals surface area contributed by atoms with E-state index in [2.05, 4.69) is 22.5 Å². The number of hydrogen-bond donors (Lipinski definition) is 1. The molecule has 0 spiro atoms. The first kappa shape index (κ1) is 23.9. The molecular weight excluding hydrogens is 416 g/mol. The minimum Gasteiger partial charge on any atom is -0.496 e. The molecule has 0 bridgehead atoms. The van der Waals surface area contributed by atoms with Gasteiger partial charge in [0.25, 0.3) is 0 Å². The number of para-hydroxylation sites is 1. The van der Waals surface area contributed by atoms with Crippen LogP contribution in [0.4, 0.5) is 17.6 Å². The summed E-state index contributed by atoms with van der Waals surface area (Å²) in [4.78, 5) is 13.4. The Morgan fingerprint density at radius 2 is 1.74 bits per heavy atom. The number of ether oxygens (including phenoxy) is 1. The van der Waals surface area contributed by atoms with Crippen molar-refractivity contribution in [3.63, 3.8) is 0 Å². The summed E-state index contributed by atoms with van der Waals surface area (Å²) in [5, 5.41) is 7.12. The first-order valence-electron chi connectivity index (χ1n) is 9.39. The van der Waals surface area contributed by atoms with Crippen LogP contribution in [-0.4, -0.2) is 33.9 Å². The topological polar surface area (TPSA) is 64.4 Å². The molecule has 166 valence electrons. The molecule has 0 unspecified atom stereocenters.